The molecule has 0 radical (unpaired) electrons. The molecule has 42 heavy (non-hydrogen) atoms. The minimum absolute atomic E-state index is 0.0432. The van der Waals surface area contributed by atoms with Gasteiger partial charge in [0.25, 0.3) is 23.2 Å². The number of azo groups is 2. The van der Waals surface area contributed by atoms with E-state index in [0.29, 0.717) is 23.9 Å². The van der Waals surface area contributed by atoms with Crippen molar-refractivity contribution in [3.8, 4) is 11.8 Å². The second kappa shape index (κ2) is 13.2. The van der Waals surface area contributed by atoms with Crippen LogP contribution in [0.5, 0.6) is 11.8 Å². The van der Waals surface area contributed by atoms with Gasteiger partial charge in [0.1, 0.15) is 0 Å². The smallest absolute Gasteiger partial charge is 0.270 e. The van der Waals surface area contributed by atoms with E-state index in [-0.39, 0.29) is 58.1 Å². The molecule has 0 aliphatic rings. The molecule has 0 aliphatic heterocycles. The van der Waals surface area contributed by atoms with E-state index in [0.717, 1.165) is 25.7 Å². The van der Waals surface area contributed by atoms with Crippen molar-refractivity contribution in [3.63, 3.8) is 0 Å². The molecular formula is C26H26N8O8. The zero-order valence-electron chi connectivity index (χ0n) is 22.1. The van der Waals surface area contributed by atoms with Gasteiger partial charge in [0, 0.05) is 47.9 Å². The molecule has 16 heteroatoms. The number of rotatable bonds is 13. The highest BCUT2D eigenvalue weighted by Gasteiger charge is 2.16. The lowest BCUT2D eigenvalue weighted by Crippen LogP contribution is -1.93. The quantitative estimate of drug-likeness (QED) is 0.0560. The molecule has 0 fully saturated rings. The van der Waals surface area contributed by atoms with Gasteiger partial charge in [-0.1, -0.05) is 25.7 Å². The van der Waals surface area contributed by atoms with Crippen molar-refractivity contribution in [2.24, 2.45) is 20.5 Å². The summed E-state index contributed by atoms with van der Waals surface area (Å²) >= 11 is 0. The van der Waals surface area contributed by atoms with Crippen LogP contribution < -0.4 is 0 Å². The molecular weight excluding hydrogens is 552 g/mol. The largest absolute Gasteiger partial charge is 0.493 e. The first-order valence-corrected chi connectivity index (χ1v) is 13.0. The number of benzene rings is 2. The number of carbonyl (C=O) groups excluding carboxylic acids is 2. The molecule has 2 heterocycles. The molecule has 16 nitrogen and oxygen atoms in total. The zero-order valence-corrected chi connectivity index (χ0v) is 22.1. The molecule has 0 unspecified atom stereocenters. The van der Waals surface area contributed by atoms with Crippen LogP contribution in [-0.2, 0) is 9.59 Å². The van der Waals surface area contributed by atoms with Crippen LogP contribution in [0, 0.1) is 20.2 Å². The molecule has 0 atom stereocenters. The highest BCUT2D eigenvalue weighted by molar-refractivity contribution is 5.96. The fourth-order valence-electron chi connectivity index (χ4n) is 4.30. The van der Waals surface area contributed by atoms with Crippen molar-refractivity contribution in [2.75, 3.05) is 0 Å². The van der Waals surface area contributed by atoms with Gasteiger partial charge < -0.3 is 20.2 Å². The van der Waals surface area contributed by atoms with Gasteiger partial charge in [0.2, 0.25) is 11.8 Å². The van der Waals surface area contributed by atoms with Crippen molar-refractivity contribution in [1.82, 2.24) is 9.97 Å². The lowest BCUT2D eigenvalue weighted by molar-refractivity contribution is -0.384. The molecule has 0 aliphatic carbocycles. The van der Waals surface area contributed by atoms with Crippen LogP contribution in [0.1, 0.15) is 51.4 Å². The Morgan fingerprint density at radius 2 is 1.05 bits per heavy atom. The number of unbranched alkanes of at least 4 members (excludes halogenated alkanes) is 5. The number of aromatic amines is 2. The zero-order chi connectivity index (χ0) is 30.2. The summed E-state index contributed by atoms with van der Waals surface area (Å²) in [5, 5.41) is 57.4. The molecule has 4 N–H and O–H groups in total. The highest BCUT2D eigenvalue weighted by atomic mass is 16.6. The number of aromatic hydroxyl groups is 2. The summed E-state index contributed by atoms with van der Waals surface area (Å²) in [6, 6.07) is 7.91. The second-order valence-electron chi connectivity index (χ2n) is 9.43. The number of amides is 2. The standard InChI is InChI=1S/C26H26N8O8/c35-21(29-31-23-17-13-15(33(39)40)9-11-19(17)27-25(23)37)7-5-3-1-2-4-6-8-22(36)30-32-24-18-14-16(34(41)42)10-12-20(18)28-26(24)38/h9-14,27-28,37-38H,1-8H2. The molecule has 4 rings (SSSR count). The van der Waals surface area contributed by atoms with Crippen molar-refractivity contribution in [1.29, 1.82) is 0 Å². The average Bonchev–Trinajstić information content (AvgIpc) is 3.45. The molecule has 0 spiro atoms. The first kappa shape index (κ1) is 29.4. The van der Waals surface area contributed by atoms with Crippen LogP contribution >= 0.6 is 0 Å². The monoisotopic (exact) mass is 578 g/mol. The third-order valence-corrected chi connectivity index (χ3v) is 6.45. The van der Waals surface area contributed by atoms with Gasteiger partial charge in [-0.05, 0) is 25.0 Å². The lowest BCUT2D eigenvalue weighted by atomic mass is 10.1. The number of carbonyl (C=O) groups is 2. The maximum Gasteiger partial charge on any atom is 0.270 e. The van der Waals surface area contributed by atoms with Crippen molar-refractivity contribution >= 4 is 56.4 Å². The van der Waals surface area contributed by atoms with Crippen LogP contribution in [0.3, 0.4) is 0 Å². The Morgan fingerprint density at radius 1 is 0.667 bits per heavy atom. The van der Waals surface area contributed by atoms with E-state index in [9.17, 15) is 40.0 Å². The van der Waals surface area contributed by atoms with Crippen LogP contribution in [0.15, 0.2) is 56.9 Å². The Morgan fingerprint density at radius 3 is 1.43 bits per heavy atom. The lowest BCUT2D eigenvalue weighted by Gasteiger charge is -2.00. The SMILES string of the molecule is O=C(CCCCCCCCC(=O)N=Nc1c(O)[nH]c2ccc([N+](=O)[O-])cc12)N=Nc1c(O)[nH]c2ccc([N+](=O)[O-])cc12. The predicted octanol–water partition coefficient (Wildman–Crippen LogP) is 6.92. The molecule has 218 valence electrons. The first-order valence-electron chi connectivity index (χ1n) is 13.0. The number of nitrogens with zero attached hydrogens (tertiary/aromatic N) is 6. The van der Waals surface area contributed by atoms with E-state index in [4.69, 9.17) is 0 Å². The van der Waals surface area contributed by atoms with E-state index >= 15 is 0 Å². The number of hydrogen-bond donors (Lipinski definition) is 4. The van der Waals surface area contributed by atoms with Crippen molar-refractivity contribution in [2.45, 2.75) is 51.4 Å². The topological polar surface area (TPSA) is 242 Å². The predicted molar refractivity (Wildman–Crippen MR) is 149 cm³/mol. The number of fused-ring (bicyclic) bond motifs is 2. The summed E-state index contributed by atoms with van der Waals surface area (Å²) in [7, 11) is 0. The van der Waals surface area contributed by atoms with Gasteiger partial charge >= 0.3 is 0 Å². The number of aromatic nitrogens is 2. The van der Waals surface area contributed by atoms with Gasteiger partial charge in [-0.2, -0.15) is 0 Å². The fraction of sp³-hybridized carbons (Fsp3) is 0.308. The number of nitrogens with one attached hydrogen (secondary N) is 2. The highest BCUT2D eigenvalue weighted by Crippen LogP contribution is 2.38. The second-order valence-corrected chi connectivity index (χ2v) is 9.43. The summed E-state index contributed by atoms with van der Waals surface area (Å²) < 4.78 is 0. The average molecular weight is 579 g/mol. The third kappa shape index (κ3) is 7.15. The van der Waals surface area contributed by atoms with Crippen LogP contribution in [0.2, 0.25) is 0 Å². The van der Waals surface area contributed by atoms with E-state index in [1.54, 1.807) is 0 Å². The van der Waals surface area contributed by atoms with E-state index in [1.165, 1.54) is 36.4 Å². The van der Waals surface area contributed by atoms with Crippen molar-refractivity contribution in [3.05, 3.63) is 56.6 Å². The number of nitro groups is 2. The summed E-state index contributed by atoms with van der Waals surface area (Å²) in [5.74, 6) is -1.66. The Bertz CT molecular complexity index is 1600. The van der Waals surface area contributed by atoms with E-state index < -0.39 is 21.7 Å². The fourth-order valence-corrected chi connectivity index (χ4v) is 4.30. The van der Waals surface area contributed by atoms with Crippen LogP contribution in [-0.4, -0.2) is 41.8 Å². The summed E-state index contributed by atoms with van der Waals surface area (Å²) in [4.78, 5) is 50.3. The van der Waals surface area contributed by atoms with Gasteiger partial charge in [-0.25, -0.2) is 0 Å². The molecule has 2 aromatic carbocycles. The van der Waals surface area contributed by atoms with Gasteiger partial charge in [0.15, 0.2) is 11.4 Å². The molecule has 0 saturated heterocycles. The molecule has 0 bridgehead atoms. The summed E-state index contributed by atoms with van der Waals surface area (Å²) in [6.07, 6.45) is 4.61. The normalized spacial score (nSPS) is 11.7. The minimum atomic E-state index is -0.573. The first-order chi connectivity index (χ1) is 20.1. The Balaban J connectivity index is 1.14. The Hall–Kier alpha value is -5.54. The Kier molecular flexibility index (Phi) is 9.26. The van der Waals surface area contributed by atoms with Crippen LogP contribution in [0.4, 0.5) is 22.7 Å². The number of non-ortho nitro benzene ring substituents is 2. The minimum Gasteiger partial charge on any atom is -0.493 e. The molecule has 2 aromatic heterocycles. The van der Waals surface area contributed by atoms with Gasteiger partial charge in [-0.3, -0.25) is 29.8 Å². The van der Waals surface area contributed by atoms with Gasteiger partial charge in [-0.15, -0.1) is 20.5 Å². The third-order valence-electron chi connectivity index (χ3n) is 6.45. The number of H-pyrrole nitrogens is 2. The summed E-state index contributed by atoms with van der Waals surface area (Å²) in [6.45, 7) is 0. The maximum atomic E-state index is 12.1. The van der Waals surface area contributed by atoms with E-state index in [2.05, 4.69) is 30.4 Å². The van der Waals surface area contributed by atoms with Crippen molar-refractivity contribution < 1.29 is 29.6 Å². The molecule has 4 aromatic rings. The van der Waals surface area contributed by atoms with E-state index in [1.807, 2.05) is 0 Å². The summed E-state index contributed by atoms with van der Waals surface area (Å²) in [5.41, 5.74) is 0.395. The molecule has 0 saturated carbocycles. The number of hydrogen-bond acceptors (Lipinski definition) is 10. The Labute approximate surface area is 236 Å². The van der Waals surface area contributed by atoms with Crippen LogP contribution in [0.25, 0.3) is 21.8 Å². The molecule has 2 amide bonds. The van der Waals surface area contributed by atoms with Gasteiger partial charge in [0.05, 0.1) is 20.9 Å². The maximum absolute atomic E-state index is 12.1. The number of nitro benzene ring substituents is 2.